The van der Waals surface area contributed by atoms with E-state index >= 15 is 0 Å². The highest BCUT2D eigenvalue weighted by atomic mass is 16.2. The molecule has 2 amide bonds. The van der Waals surface area contributed by atoms with E-state index in [4.69, 9.17) is 5.73 Å². The summed E-state index contributed by atoms with van der Waals surface area (Å²) in [6.07, 6.45) is 7.32. The topological polar surface area (TPSA) is 68.3 Å². The van der Waals surface area contributed by atoms with Crippen molar-refractivity contribution < 1.29 is 9.59 Å². The van der Waals surface area contributed by atoms with Crippen molar-refractivity contribution in [1.29, 1.82) is 0 Å². The Bertz CT molecular complexity index is 613. The van der Waals surface area contributed by atoms with E-state index < -0.39 is 5.91 Å². The van der Waals surface area contributed by atoms with Gasteiger partial charge in [-0.25, -0.2) is 0 Å². The first kappa shape index (κ1) is 19.5. The number of aromatic nitrogens is 1. The van der Waals surface area contributed by atoms with Crippen LogP contribution in [0.3, 0.4) is 0 Å². The van der Waals surface area contributed by atoms with Crippen molar-refractivity contribution in [2.75, 3.05) is 13.1 Å². The highest BCUT2D eigenvalue weighted by Gasteiger charge is 2.24. The third kappa shape index (κ3) is 4.86. The third-order valence-corrected chi connectivity index (χ3v) is 5.40. The highest BCUT2D eigenvalue weighted by Crippen LogP contribution is 2.27. The maximum absolute atomic E-state index is 13.1. The van der Waals surface area contributed by atoms with Crippen LogP contribution in [0.5, 0.6) is 0 Å². The fourth-order valence-electron chi connectivity index (χ4n) is 4.21. The third-order valence-electron chi connectivity index (χ3n) is 5.40. The Morgan fingerprint density at radius 2 is 1.88 bits per heavy atom. The molecule has 2 N–H and O–H groups in total. The standard InChI is InChI=1S/C20H33N3O2/c1-14(2)23-15(3)12-18(16(23)4)20(25)22(13-19(21)24)11-10-17-8-6-5-7-9-17/h12,14,17H,5-11,13H2,1-4H3,(H2,21,24). The van der Waals surface area contributed by atoms with Crippen molar-refractivity contribution in [3.05, 3.63) is 23.0 Å². The summed E-state index contributed by atoms with van der Waals surface area (Å²) in [6, 6.07) is 2.24. The number of rotatable bonds is 7. The van der Waals surface area contributed by atoms with Gasteiger partial charge in [-0.15, -0.1) is 0 Å². The van der Waals surface area contributed by atoms with E-state index in [2.05, 4.69) is 18.4 Å². The number of amides is 2. The van der Waals surface area contributed by atoms with Crippen LogP contribution in [0.25, 0.3) is 0 Å². The van der Waals surface area contributed by atoms with Gasteiger partial charge in [0.25, 0.3) is 5.91 Å². The van der Waals surface area contributed by atoms with Crippen LogP contribution in [-0.2, 0) is 4.79 Å². The second-order valence-corrected chi connectivity index (χ2v) is 7.73. The molecular weight excluding hydrogens is 314 g/mol. The van der Waals surface area contributed by atoms with Crippen LogP contribution in [0.15, 0.2) is 6.07 Å². The molecule has 140 valence electrons. The van der Waals surface area contributed by atoms with Gasteiger partial charge in [-0.1, -0.05) is 32.1 Å². The molecule has 0 bridgehead atoms. The number of carbonyl (C=O) groups excluding carboxylic acids is 2. The Kier molecular flexibility index (Phi) is 6.68. The number of hydrogen-bond acceptors (Lipinski definition) is 2. The van der Waals surface area contributed by atoms with Gasteiger partial charge in [0.05, 0.1) is 12.1 Å². The lowest BCUT2D eigenvalue weighted by molar-refractivity contribution is -0.118. The van der Waals surface area contributed by atoms with E-state index in [1.54, 1.807) is 4.90 Å². The lowest BCUT2D eigenvalue weighted by Gasteiger charge is -2.26. The molecule has 1 aromatic heterocycles. The lowest BCUT2D eigenvalue weighted by atomic mass is 9.87. The summed E-state index contributed by atoms with van der Waals surface area (Å²) in [5, 5.41) is 0. The Balaban J connectivity index is 2.14. The number of primary amides is 1. The monoisotopic (exact) mass is 347 g/mol. The molecule has 2 rings (SSSR count). The van der Waals surface area contributed by atoms with Crippen LogP contribution < -0.4 is 5.73 Å². The molecule has 1 saturated carbocycles. The van der Waals surface area contributed by atoms with Gasteiger partial charge in [0.1, 0.15) is 0 Å². The molecule has 0 aliphatic heterocycles. The van der Waals surface area contributed by atoms with E-state index in [-0.39, 0.29) is 12.5 Å². The zero-order valence-corrected chi connectivity index (χ0v) is 16.2. The SMILES string of the molecule is Cc1cc(C(=O)N(CCC2CCCCC2)CC(N)=O)c(C)n1C(C)C. The van der Waals surface area contributed by atoms with Gasteiger partial charge >= 0.3 is 0 Å². The van der Waals surface area contributed by atoms with Crippen LogP contribution in [0, 0.1) is 19.8 Å². The summed E-state index contributed by atoms with van der Waals surface area (Å²) in [5.41, 5.74) is 8.13. The summed E-state index contributed by atoms with van der Waals surface area (Å²) >= 11 is 0. The van der Waals surface area contributed by atoms with Crippen molar-refractivity contribution in [2.45, 2.75) is 72.3 Å². The normalized spacial score (nSPS) is 15.6. The zero-order chi connectivity index (χ0) is 18.6. The van der Waals surface area contributed by atoms with E-state index in [0.29, 0.717) is 24.1 Å². The van der Waals surface area contributed by atoms with Gasteiger partial charge in [0.2, 0.25) is 5.91 Å². The fraction of sp³-hybridized carbons (Fsp3) is 0.700. The first-order valence-electron chi connectivity index (χ1n) is 9.57. The molecule has 0 atom stereocenters. The smallest absolute Gasteiger partial charge is 0.256 e. The second kappa shape index (κ2) is 8.54. The van der Waals surface area contributed by atoms with E-state index in [9.17, 15) is 9.59 Å². The van der Waals surface area contributed by atoms with E-state index in [1.165, 1.54) is 32.1 Å². The Hall–Kier alpha value is -1.78. The first-order valence-corrected chi connectivity index (χ1v) is 9.57. The van der Waals surface area contributed by atoms with Crippen molar-refractivity contribution in [3.8, 4) is 0 Å². The van der Waals surface area contributed by atoms with E-state index in [0.717, 1.165) is 17.8 Å². The maximum atomic E-state index is 13.1. The molecule has 5 nitrogen and oxygen atoms in total. The quantitative estimate of drug-likeness (QED) is 0.819. The molecule has 1 aliphatic rings. The highest BCUT2D eigenvalue weighted by molar-refractivity contribution is 5.97. The molecular formula is C20H33N3O2. The average Bonchev–Trinajstić information content (AvgIpc) is 2.86. The Labute approximate surface area is 151 Å². The number of hydrogen-bond donors (Lipinski definition) is 1. The molecule has 0 radical (unpaired) electrons. The molecule has 1 aromatic rings. The van der Waals surface area contributed by atoms with E-state index in [1.807, 2.05) is 19.9 Å². The fourth-order valence-corrected chi connectivity index (χ4v) is 4.21. The zero-order valence-electron chi connectivity index (χ0n) is 16.2. The molecule has 1 aliphatic carbocycles. The summed E-state index contributed by atoms with van der Waals surface area (Å²) < 4.78 is 2.16. The molecule has 0 spiro atoms. The minimum Gasteiger partial charge on any atom is -0.368 e. The molecule has 5 heteroatoms. The number of nitrogens with zero attached hydrogens (tertiary/aromatic N) is 2. The minimum absolute atomic E-state index is 0.00308. The lowest BCUT2D eigenvalue weighted by Crippen LogP contribution is -2.40. The van der Waals surface area contributed by atoms with Crippen LogP contribution in [0.1, 0.15) is 80.2 Å². The summed E-state index contributed by atoms with van der Waals surface area (Å²) in [6.45, 7) is 8.82. The predicted molar refractivity (Wildman–Crippen MR) is 101 cm³/mol. The van der Waals surface area contributed by atoms with Crippen LogP contribution in [-0.4, -0.2) is 34.4 Å². The predicted octanol–water partition coefficient (Wildman–Crippen LogP) is 3.58. The molecule has 0 aromatic carbocycles. The Morgan fingerprint density at radius 3 is 2.40 bits per heavy atom. The number of aryl methyl sites for hydroxylation is 1. The molecule has 25 heavy (non-hydrogen) atoms. The first-order chi connectivity index (χ1) is 11.8. The van der Waals surface area contributed by atoms with Gasteiger partial charge in [-0.2, -0.15) is 0 Å². The van der Waals surface area contributed by atoms with Gasteiger partial charge in [0, 0.05) is 24.0 Å². The van der Waals surface area contributed by atoms with Gasteiger partial charge in [-0.3, -0.25) is 9.59 Å². The largest absolute Gasteiger partial charge is 0.368 e. The maximum Gasteiger partial charge on any atom is 0.256 e. The van der Waals surface area contributed by atoms with Crippen LogP contribution >= 0.6 is 0 Å². The van der Waals surface area contributed by atoms with Crippen molar-refractivity contribution in [3.63, 3.8) is 0 Å². The van der Waals surface area contributed by atoms with Crippen LogP contribution in [0.2, 0.25) is 0 Å². The molecule has 0 saturated heterocycles. The van der Waals surface area contributed by atoms with Crippen LogP contribution in [0.4, 0.5) is 0 Å². The number of nitrogens with two attached hydrogens (primary N) is 1. The Morgan fingerprint density at radius 1 is 1.24 bits per heavy atom. The number of carbonyl (C=O) groups is 2. The second-order valence-electron chi connectivity index (χ2n) is 7.73. The van der Waals surface area contributed by atoms with Gasteiger partial charge in [-0.05, 0) is 46.1 Å². The average molecular weight is 348 g/mol. The minimum atomic E-state index is -0.449. The molecule has 0 unspecified atom stereocenters. The van der Waals surface area contributed by atoms with Gasteiger partial charge < -0.3 is 15.2 Å². The molecule has 1 fully saturated rings. The summed E-state index contributed by atoms with van der Waals surface area (Å²) in [7, 11) is 0. The van der Waals surface area contributed by atoms with Crippen molar-refractivity contribution in [2.24, 2.45) is 11.7 Å². The van der Waals surface area contributed by atoms with Crippen molar-refractivity contribution in [1.82, 2.24) is 9.47 Å². The van der Waals surface area contributed by atoms with Gasteiger partial charge in [0.15, 0.2) is 0 Å². The van der Waals surface area contributed by atoms with Crippen molar-refractivity contribution >= 4 is 11.8 Å². The molecule has 1 heterocycles. The summed E-state index contributed by atoms with van der Waals surface area (Å²) in [4.78, 5) is 26.2. The summed E-state index contributed by atoms with van der Waals surface area (Å²) in [5.74, 6) is 0.143.